The highest BCUT2D eigenvalue weighted by atomic mass is 16.7. The van der Waals surface area contributed by atoms with Crippen LogP contribution in [0.3, 0.4) is 0 Å². The van der Waals surface area contributed by atoms with Crippen LogP contribution in [-0.4, -0.2) is 114 Å². The Balaban J connectivity index is 2.28. The molecule has 46 heavy (non-hydrogen) atoms. The lowest BCUT2D eigenvalue weighted by Gasteiger charge is -2.46. The highest BCUT2D eigenvalue weighted by molar-refractivity contribution is 5.97. The van der Waals surface area contributed by atoms with Crippen molar-refractivity contribution < 1.29 is 43.5 Å². The summed E-state index contributed by atoms with van der Waals surface area (Å²) < 4.78 is 32.0. The lowest BCUT2D eigenvalue weighted by atomic mass is 9.75. The number of amides is 1. The average molecular weight is 651 g/mol. The Morgan fingerprint density at radius 2 is 1.85 bits per heavy atom. The number of hydrogen-bond acceptors (Lipinski definition) is 10. The van der Waals surface area contributed by atoms with Crippen molar-refractivity contribution in [2.75, 3.05) is 27.3 Å². The highest BCUT2D eigenvalue weighted by Gasteiger charge is 2.50. The molecule has 2 bridgehead atoms. The molecule has 11 nitrogen and oxygen atoms in total. The predicted octanol–water partition coefficient (Wildman–Crippen LogP) is 3.85. The molecule has 3 aliphatic rings. The van der Waals surface area contributed by atoms with Crippen molar-refractivity contribution in [1.29, 1.82) is 0 Å². The second-order valence-electron chi connectivity index (χ2n) is 14.4. The van der Waals surface area contributed by atoms with Gasteiger partial charge in [-0.05, 0) is 85.0 Å². The number of rotatable bonds is 4. The summed E-state index contributed by atoms with van der Waals surface area (Å²) in [5, 5.41) is 23.5. The van der Waals surface area contributed by atoms with Crippen LogP contribution in [0.15, 0.2) is 28.8 Å². The Kier molecular flexibility index (Phi) is 12.9. The number of carbonyl (C=O) groups excluding carboxylic acids is 2. The van der Waals surface area contributed by atoms with E-state index < -0.39 is 59.7 Å². The molecule has 3 aliphatic heterocycles. The van der Waals surface area contributed by atoms with Gasteiger partial charge in [-0.2, -0.15) is 0 Å². The number of fused-ring (bicyclic) bond motifs is 5. The summed E-state index contributed by atoms with van der Waals surface area (Å²) in [7, 11) is 3.83. The fraction of sp³-hybridized carbons (Fsp3) is 0.800. The maximum absolute atomic E-state index is 13.6. The monoisotopic (exact) mass is 650 g/mol. The third-order valence-corrected chi connectivity index (χ3v) is 9.75. The summed E-state index contributed by atoms with van der Waals surface area (Å²) >= 11 is 0. The van der Waals surface area contributed by atoms with Gasteiger partial charge in [0.25, 0.3) is 0 Å². The summed E-state index contributed by atoms with van der Waals surface area (Å²) in [4.78, 5) is 32.5. The van der Waals surface area contributed by atoms with E-state index in [1.54, 1.807) is 19.9 Å². The van der Waals surface area contributed by atoms with Crippen LogP contribution < -0.4 is 0 Å². The van der Waals surface area contributed by atoms with E-state index in [0.717, 1.165) is 0 Å². The van der Waals surface area contributed by atoms with Gasteiger partial charge in [0.05, 0.1) is 36.9 Å². The summed E-state index contributed by atoms with van der Waals surface area (Å²) in [5.41, 5.74) is -0.883. The quantitative estimate of drug-likeness (QED) is 0.341. The summed E-state index contributed by atoms with van der Waals surface area (Å²) in [5.74, 6) is -2.49. The number of likely N-dealkylation sites (N-methyl/N-ethyl adjacent to an activating group) is 1. The molecule has 0 aromatic heterocycles. The number of carbonyl (C=O) groups is 2. The van der Waals surface area contributed by atoms with E-state index in [0.29, 0.717) is 36.1 Å². The number of nitrogens with zero attached hydrogens (tertiary/aromatic N) is 2. The van der Waals surface area contributed by atoms with Crippen molar-refractivity contribution in [3.8, 4) is 0 Å². The summed E-state index contributed by atoms with van der Waals surface area (Å²) in [6, 6.07) is -0.201. The Labute approximate surface area is 275 Å². The van der Waals surface area contributed by atoms with Gasteiger partial charge >= 0.3 is 5.97 Å². The molecule has 11 heteroatoms. The first-order valence-electron chi connectivity index (χ1n) is 16.6. The molecule has 3 heterocycles. The van der Waals surface area contributed by atoms with Gasteiger partial charge < -0.3 is 38.8 Å². The van der Waals surface area contributed by atoms with Crippen LogP contribution in [0.4, 0.5) is 0 Å². The largest absolute Gasteiger partial charge is 0.459 e. The molecular formula is C35H58N2O9. The molecule has 0 aromatic rings. The third-order valence-electron chi connectivity index (χ3n) is 9.75. The van der Waals surface area contributed by atoms with Crippen LogP contribution in [0.2, 0.25) is 0 Å². The third kappa shape index (κ3) is 8.72. The van der Waals surface area contributed by atoms with Gasteiger partial charge in [0.1, 0.15) is 23.9 Å². The van der Waals surface area contributed by atoms with Gasteiger partial charge in [0, 0.05) is 24.6 Å². The zero-order valence-electron chi connectivity index (χ0n) is 29.7. The minimum absolute atomic E-state index is 0.0522. The lowest BCUT2D eigenvalue weighted by Crippen LogP contribution is -2.58. The topological polar surface area (TPSA) is 136 Å². The van der Waals surface area contributed by atoms with Crippen LogP contribution in [0.1, 0.15) is 81.6 Å². The molecule has 0 spiro atoms. The van der Waals surface area contributed by atoms with Crippen molar-refractivity contribution in [2.45, 2.75) is 136 Å². The van der Waals surface area contributed by atoms with Crippen LogP contribution in [-0.2, 0) is 33.3 Å². The Morgan fingerprint density at radius 1 is 1.20 bits per heavy atom. The first-order chi connectivity index (χ1) is 21.3. The van der Waals surface area contributed by atoms with Gasteiger partial charge in [-0.15, -0.1) is 0 Å². The molecule has 2 saturated heterocycles. The smallest absolute Gasteiger partial charge is 0.312 e. The number of ether oxygens (including phenoxy) is 5. The van der Waals surface area contributed by atoms with Crippen molar-refractivity contribution in [3.05, 3.63) is 23.8 Å². The molecule has 3 rings (SSSR count). The van der Waals surface area contributed by atoms with Crippen LogP contribution in [0.5, 0.6) is 0 Å². The Bertz CT molecular complexity index is 1170. The van der Waals surface area contributed by atoms with Crippen LogP contribution in [0.25, 0.3) is 0 Å². The van der Waals surface area contributed by atoms with Gasteiger partial charge in [-0.3, -0.25) is 9.59 Å². The number of esters is 1. The lowest BCUT2D eigenvalue weighted by molar-refractivity contribution is -0.284. The molecule has 0 saturated carbocycles. The number of aliphatic hydroxyl groups is 2. The molecule has 2 N–H and O–H groups in total. The van der Waals surface area contributed by atoms with E-state index >= 15 is 0 Å². The minimum atomic E-state index is -1.64. The maximum Gasteiger partial charge on any atom is 0.312 e. The van der Waals surface area contributed by atoms with Gasteiger partial charge in [0.15, 0.2) is 6.29 Å². The molecular weight excluding hydrogens is 592 g/mol. The molecule has 262 valence electrons. The van der Waals surface area contributed by atoms with E-state index in [4.69, 9.17) is 23.7 Å². The molecule has 0 aliphatic carbocycles. The van der Waals surface area contributed by atoms with Gasteiger partial charge in [-0.1, -0.05) is 33.4 Å². The van der Waals surface area contributed by atoms with Crippen molar-refractivity contribution >= 4 is 17.6 Å². The Hall–Kier alpha value is -1.99. The van der Waals surface area contributed by atoms with Crippen molar-refractivity contribution in [1.82, 2.24) is 4.90 Å². The van der Waals surface area contributed by atoms with Crippen molar-refractivity contribution in [3.63, 3.8) is 0 Å². The van der Waals surface area contributed by atoms with E-state index in [-0.39, 0.29) is 37.2 Å². The average Bonchev–Trinajstić information content (AvgIpc) is 2.97. The normalized spacial score (nSPS) is 44.0. The predicted molar refractivity (Wildman–Crippen MR) is 175 cm³/mol. The molecule has 2 fully saturated rings. The molecule has 1 unspecified atom stereocenters. The minimum Gasteiger partial charge on any atom is -0.459 e. The number of aliphatic hydroxyl groups excluding tert-OH is 1. The highest BCUT2D eigenvalue weighted by Crippen LogP contribution is 2.39. The van der Waals surface area contributed by atoms with Crippen molar-refractivity contribution in [2.24, 2.45) is 22.7 Å². The number of aliphatic imine (C=N–C) groups is 1. The maximum atomic E-state index is 13.6. The summed E-state index contributed by atoms with van der Waals surface area (Å²) in [6.45, 7) is 20.5. The second-order valence-corrected chi connectivity index (χ2v) is 14.4. The van der Waals surface area contributed by atoms with E-state index in [2.05, 4.69) is 11.6 Å². The number of cyclic esters (lactones) is 1. The molecule has 0 radical (unpaired) electrons. The molecule has 12 atom stereocenters. The van der Waals surface area contributed by atoms with Crippen LogP contribution >= 0.6 is 0 Å². The Morgan fingerprint density at radius 3 is 2.43 bits per heavy atom. The van der Waals surface area contributed by atoms with Gasteiger partial charge in [0.2, 0.25) is 5.91 Å². The standard InChI is InChI=1S/C35H58N2O9/c1-13-27-35(10,41)31-24(7)28(36-25(8)38)22(5)16-34(9,43-18-19(2)17-42-31)30(20(3)14-21(4)32(40)45-27)46-33-29(39)26(37(11)12)15-23(6)44-33/h14,21-24,26-27,29-31,33,39,41H,2,13,15-18H2,1,3-12H3/b20-14+,36-28?/t21?,22-,23-,24+,26+,27-,29-,30-,31+,33+,34-,35-/m1/s1. The molecule has 1 amide bonds. The zero-order chi connectivity index (χ0) is 34.7. The first-order valence-corrected chi connectivity index (χ1v) is 16.6. The SMILES string of the molecule is C=C1CO[C@H]2[C@@H](C)C(=NC(C)=O)[C@H](C)C[C@@](C)(OC1)[C@H](O[C@@H]1O[C@H](C)C[C@H](N(C)C)[C@H]1O)/C(C)=C/C(C)C(=O)O[C@H](CC)[C@@]2(C)O. The van der Waals surface area contributed by atoms with E-state index in [1.165, 1.54) is 6.92 Å². The van der Waals surface area contributed by atoms with Crippen LogP contribution in [0, 0.1) is 17.8 Å². The second kappa shape index (κ2) is 15.5. The zero-order valence-corrected chi connectivity index (χ0v) is 29.7. The summed E-state index contributed by atoms with van der Waals surface area (Å²) in [6.07, 6.45) is -1.65. The van der Waals surface area contributed by atoms with Gasteiger partial charge in [-0.25, -0.2) is 4.99 Å². The molecule has 0 aromatic carbocycles. The fourth-order valence-electron chi connectivity index (χ4n) is 7.41. The van der Waals surface area contributed by atoms with E-state index in [1.807, 2.05) is 60.5 Å². The number of hydrogen-bond donors (Lipinski definition) is 2. The van der Waals surface area contributed by atoms with E-state index in [9.17, 15) is 19.8 Å². The fourth-order valence-corrected chi connectivity index (χ4v) is 7.41. The first kappa shape index (κ1) is 38.5.